The molecule has 0 radical (unpaired) electrons. The molecule has 0 aliphatic heterocycles. The van der Waals surface area contributed by atoms with Gasteiger partial charge in [-0.2, -0.15) is 0 Å². The Morgan fingerprint density at radius 1 is 1.24 bits per heavy atom. The Labute approximate surface area is 98.7 Å². The Hall–Kier alpha value is -1.47. The number of aliphatic hydroxyl groups excluding tert-OH is 2. The molecule has 0 spiro atoms. The first-order valence-electron chi connectivity index (χ1n) is 4.91. The van der Waals surface area contributed by atoms with Gasteiger partial charge in [0.1, 0.15) is 0 Å². The summed E-state index contributed by atoms with van der Waals surface area (Å²) in [5.41, 5.74) is 0.331. The highest BCUT2D eigenvalue weighted by Gasteiger charge is 1.96. The summed E-state index contributed by atoms with van der Waals surface area (Å²) in [5.74, 6) is -0.879. The third kappa shape index (κ3) is 9.46. The smallest absolute Gasteiger partial charge is 0.335 e. The molecule has 0 unspecified atom stereocenters. The summed E-state index contributed by atoms with van der Waals surface area (Å²) in [7, 11) is 0. The molecule has 0 saturated carbocycles. The lowest BCUT2D eigenvalue weighted by Gasteiger charge is -2.01. The zero-order chi connectivity index (χ0) is 13.1. The third-order valence-corrected chi connectivity index (χ3v) is 1.52. The molecule has 1 aromatic carbocycles. The van der Waals surface area contributed by atoms with E-state index in [-0.39, 0.29) is 19.8 Å². The van der Waals surface area contributed by atoms with Crippen LogP contribution in [-0.4, -0.2) is 52.5 Å². The number of hydrogen-bond donors (Lipinski definition) is 4. The second-order valence-electron chi connectivity index (χ2n) is 2.95. The van der Waals surface area contributed by atoms with E-state index in [1.165, 1.54) is 0 Å². The van der Waals surface area contributed by atoms with Crippen molar-refractivity contribution in [1.82, 2.24) is 0 Å². The fraction of sp³-hybridized carbons (Fsp3) is 0.364. The lowest BCUT2D eigenvalue weighted by atomic mass is 10.2. The molecule has 0 fully saturated rings. The van der Waals surface area contributed by atoms with Crippen molar-refractivity contribution in [3.05, 3.63) is 35.9 Å². The average Bonchev–Trinajstić information content (AvgIpc) is 2.31. The van der Waals surface area contributed by atoms with Gasteiger partial charge in [-0.25, -0.2) is 4.79 Å². The number of ether oxygens (including phenoxy) is 1. The van der Waals surface area contributed by atoms with Gasteiger partial charge in [0, 0.05) is 0 Å². The summed E-state index contributed by atoms with van der Waals surface area (Å²) in [6.07, 6.45) is -1.43. The van der Waals surface area contributed by atoms with Crippen molar-refractivity contribution in [2.75, 3.05) is 19.8 Å². The second kappa shape index (κ2) is 9.73. The Bertz CT molecular complexity index is 298. The van der Waals surface area contributed by atoms with Crippen molar-refractivity contribution >= 4 is 5.97 Å². The number of aromatic carboxylic acids is 1. The van der Waals surface area contributed by atoms with Gasteiger partial charge < -0.3 is 25.2 Å². The number of rotatable bonds is 5. The lowest BCUT2D eigenvalue weighted by molar-refractivity contribution is -0.0977. The molecular weight excluding hydrogens is 228 g/mol. The molecule has 6 nitrogen and oxygen atoms in total. The molecule has 96 valence electrons. The van der Waals surface area contributed by atoms with Crippen molar-refractivity contribution in [2.45, 2.75) is 6.29 Å². The van der Waals surface area contributed by atoms with Crippen LogP contribution in [0.3, 0.4) is 0 Å². The summed E-state index contributed by atoms with van der Waals surface area (Å²) in [6.45, 7) is -0.0785. The molecule has 4 N–H and O–H groups in total. The van der Waals surface area contributed by atoms with Crippen LogP contribution in [0.15, 0.2) is 30.3 Å². The second-order valence-corrected chi connectivity index (χ2v) is 2.95. The van der Waals surface area contributed by atoms with E-state index < -0.39 is 12.3 Å². The molecular formula is C11H16O6. The maximum atomic E-state index is 10.2. The Balaban J connectivity index is 0.000000304. The van der Waals surface area contributed by atoms with Gasteiger partial charge in [0.05, 0.1) is 25.4 Å². The topological polar surface area (TPSA) is 107 Å². The molecule has 0 aliphatic rings. The van der Waals surface area contributed by atoms with Gasteiger partial charge in [-0.3, -0.25) is 0 Å². The van der Waals surface area contributed by atoms with E-state index in [2.05, 4.69) is 4.74 Å². The van der Waals surface area contributed by atoms with Crippen LogP contribution in [0.4, 0.5) is 0 Å². The molecule has 0 heterocycles. The van der Waals surface area contributed by atoms with E-state index in [1.807, 2.05) is 0 Å². The standard InChI is InChI=1S/C7H6O2.C4H10O4/c8-7(9)6-4-2-1-3-5-6;5-1-2-8-3-4(6)7/h1-5H,(H,8,9);4-7H,1-3H2. The minimum absolute atomic E-state index is 0.0906. The SMILES string of the molecule is O=C(O)c1ccccc1.OCCOCC(O)O. The quantitative estimate of drug-likeness (QED) is 0.418. The summed E-state index contributed by atoms with van der Waals surface area (Å²) in [5, 5.41) is 32.7. The van der Waals surface area contributed by atoms with Crippen LogP contribution >= 0.6 is 0 Å². The van der Waals surface area contributed by atoms with Gasteiger partial charge >= 0.3 is 5.97 Å². The van der Waals surface area contributed by atoms with Gasteiger partial charge in [0.2, 0.25) is 0 Å². The Morgan fingerprint density at radius 2 is 1.82 bits per heavy atom. The van der Waals surface area contributed by atoms with Crippen LogP contribution in [0.2, 0.25) is 0 Å². The van der Waals surface area contributed by atoms with Crippen molar-refractivity contribution in [1.29, 1.82) is 0 Å². The molecule has 0 saturated heterocycles. The zero-order valence-electron chi connectivity index (χ0n) is 9.19. The number of carboxylic acid groups (broad SMARTS) is 1. The molecule has 1 rings (SSSR count). The minimum atomic E-state index is -1.43. The largest absolute Gasteiger partial charge is 0.478 e. The summed E-state index contributed by atoms with van der Waals surface area (Å²) >= 11 is 0. The van der Waals surface area contributed by atoms with Gasteiger partial charge in [0.25, 0.3) is 0 Å². The van der Waals surface area contributed by atoms with Gasteiger partial charge in [-0.15, -0.1) is 0 Å². The molecule has 1 aromatic rings. The summed E-state index contributed by atoms with van der Waals surface area (Å²) in [6, 6.07) is 8.30. The molecule has 17 heavy (non-hydrogen) atoms. The van der Waals surface area contributed by atoms with Gasteiger partial charge in [-0.05, 0) is 12.1 Å². The number of carbonyl (C=O) groups is 1. The predicted molar refractivity (Wildman–Crippen MR) is 59.5 cm³/mol. The van der Waals surface area contributed by atoms with E-state index in [0.29, 0.717) is 5.56 Å². The van der Waals surface area contributed by atoms with Gasteiger partial charge in [0.15, 0.2) is 6.29 Å². The molecule has 0 aromatic heterocycles. The van der Waals surface area contributed by atoms with E-state index in [1.54, 1.807) is 30.3 Å². The zero-order valence-corrected chi connectivity index (χ0v) is 9.19. The maximum absolute atomic E-state index is 10.2. The fourth-order valence-electron chi connectivity index (χ4n) is 0.834. The van der Waals surface area contributed by atoms with Crippen LogP contribution in [0, 0.1) is 0 Å². The van der Waals surface area contributed by atoms with Crippen LogP contribution in [-0.2, 0) is 4.74 Å². The first-order chi connectivity index (χ1) is 8.07. The predicted octanol–water partition coefficient (Wildman–Crippen LogP) is -0.309. The van der Waals surface area contributed by atoms with Crippen LogP contribution < -0.4 is 0 Å². The van der Waals surface area contributed by atoms with E-state index in [9.17, 15) is 4.79 Å². The van der Waals surface area contributed by atoms with Crippen molar-refractivity contribution in [3.8, 4) is 0 Å². The highest BCUT2D eigenvalue weighted by molar-refractivity contribution is 5.87. The minimum Gasteiger partial charge on any atom is -0.478 e. The van der Waals surface area contributed by atoms with Crippen LogP contribution in [0.5, 0.6) is 0 Å². The highest BCUT2D eigenvalue weighted by atomic mass is 16.5. The Kier molecular flexibility index (Phi) is 8.89. The molecule has 0 bridgehead atoms. The number of benzene rings is 1. The normalized spacial score (nSPS) is 9.65. The van der Waals surface area contributed by atoms with Crippen molar-refractivity contribution in [3.63, 3.8) is 0 Å². The average molecular weight is 244 g/mol. The van der Waals surface area contributed by atoms with Crippen LogP contribution in [0.1, 0.15) is 10.4 Å². The van der Waals surface area contributed by atoms with Crippen LogP contribution in [0.25, 0.3) is 0 Å². The van der Waals surface area contributed by atoms with E-state index in [4.69, 9.17) is 20.4 Å². The van der Waals surface area contributed by atoms with E-state index in [0.717, 1.165) is 0 Å². The van der Waals surface area contributed by atoms with Crippen molar-refractivity contribution < 1.29 is 30.0 Å². The summed E-state index contributed by atoms with van der Waals surface area (Å²) < 4.78 is 4.49. The maximum Gasteiger partial charge on any atom is 0.335 e. The number of hydrogen-bond acceptors (Lipinski definition) is 5. The number of aliphatic hydroxyl groups is 3. The first kappa shape index (κ1) is 15.5. The fourth-order valence-corrected chi connectivity index (χ4v) is 0.834. The van der Waals surface area contributed by atoms with Gasteiger partial charge in [-0.1, -0.05) is 18.2 Å². The Morgan fingerprint density at radius 3 is 2.18 bits per heavy atom. The molecule has 0 atom stereocenters. The molecule has 0 aliphatic carbocycles. The molecule has 6 heteroatoms. The third-order valence-electron chi connectivity index (χ3n) is 1.52. The summed E-state index contributed by atoms with van der Waals surface area (Å²) in [4.78, 5) is 10.2. The van der Waals surface area contributed by atoms with E-state index >= 15 is 0 Å². The highest BCUT2D eigenvalue weighted by Crippen LogP contribution is 1.96. The lowest BCUT2D eigenvalue weighted by Crippen LogP contribution is -2.15. The molecule has 0 amide bonds. The van der Waals surface area contributed by atoms with Crippen molar-refractivity contribution in [2.24, 2.45) is 0 Å². The monoisotopic (exact) mass is 244 g/mol. The first-order valence-corrected chi connectivity index (χ1v) is 4.91. The number of carboxylic acids is 1.